The van der Waals surface area contributed by atoms with Crippen LogP contribution < -0.4 is 5.32 Å². The molecule has 0 unspecified atom stereocenters. The first-order chi connectivity index (χ1) is 14.0. The number of benzene rings is 2. The van der Waals surface area contributed by atoms with Gasteiger partial charge >= 0.3 is 0 Å². The number of H-pyrrole nitrogens is 1. The number of halogens is 2. The molecule has 0 saturated carbocycles. The fourth-order valence-corrected chi connectivity index (χ4v) is 3.09. The highest BCUT2D eigenvalue weighted by Crippen LogP contribution is 2.30. The standard InChI is InChI=1S/C22H16ClFN4O/c1-13-5-8-15(9-6-13)27-22(29)18-10-7-14(11-25-18)19-12-26-21(28-19)20-16(23)3-2-4-17(20)24/h2-12H,1H3,(H,26,28)(H,27,29). The largest absolute Gasteiger partial charge is 0.338 e. The molecule has 5 nitrogen and oxygen atoms in total. The molecule has 0 aliphatic heterocycles. The Morgan fingerprint density at radius 2 is 1.83 bits per heavy atom. The summed E-state index contributed by atoms with van der Waals surface area (Å²) in [5.74, 6) is -0.437. The average Bonchev–Trinajstić information content (AvgIpc) is 3.19. The van der Waals surface area contributed by atoms with Gasteiger partial charge in [-0.25, -0.2) is 9.37 Å². The van der Waals surface area contributed by atoms with Crippen molar-refractivity contribution in [2.24, 2.45) is 0 Å². The van der Waals surface area contributed by atoms with Gasteiger partial charge in [-0.15, -0.1) is 0 Å². The Morgan fingerprint density at radius 3 is 2.52 bits per heavy atom. The minimum atomic E-state index is -0.459. The third kappa shape index (κ3) is 4.02. The van der Waals surface area contributed by atoms with E-state index in [0.29, 0.717) is 22.8 Å². The van der Waals surface area contributed by atoms with Crippen molar-refractivity contribution >= 4 is 23.2 Å². The van der Waals surface area contributed by atoms with E-state index in [1.165, 1.54) is 12.1 Å². The van der Waals surface area contributed by atoms with Gasteiger partial charge in [0.05, 0.1) is 22.5 Å². The zero-order valence-corrected chi connectivity index (χ0v) is 16.2. The molecule has 7 heteroatoms. The molecule has 2 heterocycles. The number of nitrogens with zero attached hydrogens (tertiary/aromatic N) is 2. The summed E-state index contributed by atoms with van der Waals surface area (Å²) in [4.78, 5) is 23.8. The third-order valence-electron chi connectivity index (χ3n) is 4.39. The molecule has 0 atom stereocenters. The quantitative estimate of drug-likeness (QED) is 0.470. The Labute approximate surface area is 171 Å². The van der Waals surface area contributed by atoms with Crippen molar-refractivity contribution in [1.29, 1.82) is 0 Å². The number of pyridine rings is 1. The van der Waals surface area contributed by atoms with Crippen LogP contribution in [0.1, 0.15) is 16.1 Å². The third-order valence-corrected chi connectivity index (χ3v) is 4.71. The summed E-state index contributed by atoms with van der Waals surface area (Å²) >= 11 is 6.09. The minimum absolute atomic E-state index is 0.211. The molecule has 2 aromatic heterocycles. The minimum Gasteiger partial charge on any atom is -0.338 e. The van der Waals surface area contributed by atoms with Crippen molar-refractivity contribution in [1.82, 2.24) is 15.0 Å². The van der Waals surface area contributed by atoms with Crippen LogP contribution in [0.15, 0.2) is 67.0 Å². The molecule has 0 aliphatic rings. The van der Waals surface area contributed by atoms with Crippen LogP contribution in [0, 0.1) is 12.7 Å². The topological polar surface area (TPSA) is 70.7 Å². The lowest BCUT2D eigenvalue weighted by atomic mass is 10.2. The number of amides is 1. The molecule has 0 radical (unpaired) electrons. The maximum absolute atomic E-state index is 14.1. The van der Waals surface area contributed by atoms with Gasteiger partial charge in [0.1, 0.15) is 17.3 Å². The Balaban J connectivity index is 1.53. The molecule has 0 spiro atoms. The molecule has 2 N–H and O–H groups in total. The number of aromatic amines is 1. The molecular formula is C22H16ClFN4O. The van der Waals surface area contributed by atoms with Gasteiger partial charge in [-0.2, -0.15) is 0 Å². The van der Waals surface area contributed by atoms with Gasteiger partial charge in [-0.3, -0.25) is 9.78 Å². The number of anilines is 1. The first kappa shape index (κ1) is 18.8. The maximum atomic E-state index is 14.1. The molecule has 1 amide bonds. The van der Waals surface area contributed by atoms with Gasteiger partial charge in [0.2, 0.25) is 0 Å². The second-order valence-electron chi connectivity index (χ2n) is 6.49. The van der Waals surface area contributed by atoms with E-state index in [2.05, 4.69) is 20.3 Å². The van der Waals surface area contributed by atoms with Crippen LogP contribution in [0.4, 0.5) is 10.1 Å². The number of aryl methyl sites for hydroxylation is 1. The predicted molar refractivity (Wildman–Crippen MR) is 111 cm³/mol. The highest BCUT2D eigenvalue weighted by atomic mass is 35.5. The first-order valence-corrected chi connectivity index (χ1v) is 9.23. The van der Waals surface area contributed by atoms with Crippen molar-refractivity contribution < 1.29 is 9.18 Å². The van der Waals surface area contributed by atoms with Crippen LogP contribution in [0.2, 0.25) is 5.02 Å². The summed E-state index contributed by atoms with van der Waals surface area (Å²) < 4.78 is 14.1. The van der Waals surface area contributed by atoms with Crippen molar-refractivity contribution in [2.75, 3.05) is 5.32 Å². The number of hydrogen-bond acceptors (Lipinski definition) is 3. The van der Waals surface area contributed by atoms with E-state index < -0.39 is 5.82 Å². The Kier molecular flexibility index (Phi) is 5.10. The van der Waals surface area contributed by atoms with E-state index >= 15 is 0 Å². The number of rotatable bonds is 4. The Morgan fingerprint density at radius 1 is 1.03 bits per heavy atom. The van der Waals surface area contributed by atoms with E-state index in [-0.39, 0.29) is 22.2 Å². The predicted octanol–water partition coefficient (Wildman–Crippen LogP) is 5.49. The monoisotopic (exact) mass is 406 g/mol. The molecule has 0 bridgehead atoms. The lowest BCUT2D eigenvalue weighted by molar-refractivity contribution is 0.102. The number of aromatic nitrogens is 3. The molecule has 29 heavy (non-hydrogen) atoms. The normalized spacial score (nSPS) is 10.7. The number of imidazole rings is 1. The molecule has 4 rings (SSSR count). The fraction of sp³-hybridized carbons (Fsp3) is 0.0455. The average molecular weight is 407 g/mol. The van der Waals surface area contributed by atoms with Crippen LogP contribution in [-0.2, 0) is 0 Å². The van der Waals surface area contributed by atoms with Crippen molar-refractivity contribution in [3.8, 4) is 22.6 Å². The zero-order valence-electron chi connectivity index (χ0n) is 15.4. The van der Waals surface area contributed by atoms with Gasteiger partial charge in [-0.05, 0) is 43.3 Å². The molecule has 2 aromatic carbocycles. The SMILES string of the molecule is Cc1ccc(NC(=O)c2ccc(-c3cnc(-c4c(F)cccc4Cl)[nH]3)cn2)cc1. The summed E-state index contributed by atoms with van der Waals surface area (Å²) in [5.41, 5.74) is 3.65. The van der Waals surface area contributed by atoms with Gasteiger partial charge in [0.15, 0.2) is 0 Å². The van der Waals surface area contributed by atoms with Gasteiger partial charge in [0, 0.05) is 17.4 Å². The van der Waals surface area contributed by atoms with E-state index in [1.807, 2.05) is 31.2 Å². The number of carbonyl (C=O) groups is 1. The first-order valence-electron chi connectivity index (χ1n) is 8.85. The maximum Gasteiger partial charge on any atom is 0.274 e. The molecule has 0 saturated heterocycles. The molecule has 144 valence electrons. The summed E-state index contributed by atoms with van der Waals surface area (Å²) in [7, 11) is 0. The molecular weight excluding hydrogens is 391 g/mol. The summed E-state index contributed by atoms with van der Waals surface area (Å²) in [6, 6.07) is 15.3. The van der Waals surface area contributed by atoms with Gasteiger partial charge in [-0.1, -0.05) is 35.4 Å². The Bertz CT molecular complexity index is 1150. The van der Waals surface area contributed by atoms with E-state index in [9.17, 15) is 9.18 Å². The highest BCUT2D eigenvalue weighted by molar-refractivity contribution is 6.33. The van der Waals surface area contributed by atoms with E-state index in [4.69, 9.17) is 11.6 Å². The smallest absolute Gasteiger partial charge is 0.274 e. The zero-order chi connectivity index (χ0) is 20.4. The van der Waals surface area contributed by atoms with Gasteiger partial charge in [0.25, 0.3) is 5.91 Å². The summed E-state index contributed by atoms with van der Waals surface area (Å²) in [6.07, 6.45) is 3.13. The van der Waals surface area contributed by atoms with E-state index in [0.717, 1.165) is 5.56 Å². The van der Waals surface area contributed by atoms with Crippen LogP contribution in [0.5, 0.6) is 0 Å². The van der Waals surface area contributed by atoms with Crippen molar-refractivity contribution in [3.05, 3.63) is 89.1 Å². The fourth-order valence-electron chi connectivity index (χ4n) is 2.84. The van der Waals surface area contributed by atoms with Crippen LogP contribution >= 0.6 is 11.6 Å². The van der Waals surface area contributed by atoms with Crippen LogP contribution in [0.3, 0.4) is 0 Å². The van der Waals surface area contributed by atoms with Crippen LogP contribution in [0.25, 0.3) is 22.6 Å². The second kappa shape index (κ2) is 7.85. The lowest BCUT2D eigenvalue weighted by Gasteiger charge is -2.06. The van der Waals surface area contributed by atoms with Crippen LogP contribution in [-0.4, -0.2) is 20.9 Å². The van der Waals surface area contributed by atoms with E-state index in [1.54, 1.807) is 30.6 Å². The highest BCUT2D eigenvalue weighted by Gasteiger charge is 2.14. The summed E-state index contributed by atoms with van der Waals surface area (Å²) in [5, 5.41) is 3.08. The van der Waals surface area contributed by atoms with Crippen molar-refractivity contribution in [3.63, 3.8) is 0 Å². The lowest BCUT2D eigenvalue weighted by Crippen LogP contribution is -2.13. The Hall–Kier alpha value is -3.51. The van der Waals surface area contributed by atoms with Gasteiger partial charge < -0.3 is 10.3 Å². The second-order valence-corrected chi connectivity index (χ2v) is 6.90. The molecule has 0 aliphatic carbocycles. The van der Waals surface area contributed by atoms with Crippen molar-refractivity contribution in [2.45, 2.75) is 6.92 Å². The number of carbonyl (C=O) groups excluding carboxylic acids is 1. The number of nitrogens with one attached hydrogen (secondary N) is 2. The summed E-state index contributed by atoms with van der Waals surface area (Å²) in [6.45, 7) is 1.98. The molecule has 4 aromatic rings. The molecule has 0 fully saturated rings. The number of hydrogen-bond donors (Lipinski definition) is 2.